The summed E-state index contributed by atoms with van der Waals surface area (Å²) in [6.45, 7) is 2.78. The van der Waals surface area contributed by atoms with Crippen molar-refractivity contribution in [3.05, 3.63) is 56.9 Å². The third kappa shape index (κ3) is 3.49. The molecule has 1 atom stereocenters. The number of rotatable bonds is 5. The van der Waals surface area contributed by atoms with E-state index in [9.17, 15) is 37.6 Å². The van der Waals surface area contributed by atoms with E-state index in [0.29, 0.717) is 0 Å². The predicted octanol–water partition coefficient (Wildman–Crippen LogP) is 2.46. The zero-order valence-electron chi connectivity index (χ0n) is 15.5. The van der Waals surface area contributed by atoms with Crippen molar-refractivity contribution < 1.29 is 36.8 Å². The minimum atomic E-state index is -3.55. The molecule has 162 valence electrons. The van der Waals surface area contributed by atoms with Crippen molar-refractivity contribution in [2.75, 3.05) is 0 Å². The Morgan fingerprint density at radius 2 is 2.10 bits per heavy atom. The number of hydrogen-bond acceptors (Lipinski definition) is 7. The van der Waals surface area contributed by atoms with E-state index in [4.69, 9.17) is 4.42 Å². The van der Waals surface area contributed by atoms with Gasteiger partial charge in [0.15, 0.2) is 5.76 Å². The van der Waals surface area contributed by atoms with Crippen LogP contribution in [0.5, 0.6) is 0 Å². The van der Waals surface area contributed by atoms with E-state index in [2.05, 4.69) is 5.10 Å². The van der Waals surface area contributed by atoms with Gasteiger partial charge in [0.1, 0.15) is 22.8 Å². The van der Waals surface area contributed by atoms with E-state index in [-0.39, 0.29) is 34.4 Å². The predicted molar refractivity (Wildman–Crippen MR) is 90.3 cm³/mol. The van der Waals surface area contributed by atoms with Crippen LogP contribution in [-0.4, -0.2) is 42.9 Å². The molecule has 14 heteroatoms. The van der Waals surface area contributed by atoms with Gasteiger partial charge >= 0.3 is 11.6 Å². The lowest BCUT2D eigenvalue weighted by molar-refractivity contribution is -0.386. The number of halogens is 4. The van der Waals surface area contributed by atoms with Crippen LogP contribution in [0.4, 0.5) is 23.2 Å². The SMILES string of the molecule is Cc1nn(Cc2ccc(C(=O)N3NC(=C(F)F)CC3(O)C(F)F)o2)c(C)c1[N+](=O)[O-]. The van der Waals surface area contributed by atoms with E-state index in [1.165, 1.54) is 24.6 Å². The number of carbonyl (C=O) groups is 1. The summed E-state index contributed by atoms with van der Waals surface area (Å²) in [5.41, 5.74) is -2.23. The number of aliphatic hydroxyl groups is 1. The fourth-order valence-electron chi connectivity index (χ4n) is 3.06. The third-order valence-corrected chi connectivity index (χ3v) is 4.56. The first-order valence-corrected chi connectivity index (χ1v) is 8.38. The van der Waals surface area contributed by atoms with Gasteiger partial charge in [-0.1, -0.05) is 0 Å². The summed E-state index contributed by atoms with van der Waals surface area (Å²) in [6.07, 6.45) is -7.09. The molecule has 1 amide bonds. The van der Waals surface area contributed by atoms with E-state index in [0.717, 1.165) is 6.07 Å². The number of furan rings is 1. The highest BCUT2D eigenvalue weighted by molar-refractivity contribution is 5.92. The average Bonchev–Trinajstić information content (AvgIpc) is 3.32. The summed E-state index contributed by atoms with van der Waals surface area (Å²) in [6, 6.07) is 2.39. The van der Waals surface area contributed by atoms with Crippen LogP contribution in [0.25, 0.3) is 0 Å². The lowest BCUT2D eigenvalue weighted by Crippen LogP contribution is -2.55. The first-order chi connectivity index (χ1) is 14.0. The normalized spacial score (nSPS) is 18.8. The topological polar surface area (TPSA) is 127 Å². The molecule has 0 bridgehead atoms. The second-order valence-electron chi connectivity index (χ2n) is 6.55. The highest BCUT2D eigenvalue weighted by Crippen LogP contribution is 2.35. The molecular formula is C16H15F4N5O5. The number of aryl methyl sites for hydroxylation is 1. The van der Waals surface area contributed by atoms with Crippen molar-refractivity contribution in [1.82, 2.24) is 20.2 Å². The Bertz CT molecular complexity index is 1040. The van der Waals surface area contributed by atoms with Crippen molar-refractivity contribution in [2.24, 2.45) is 0 Å². The first-order valence-electron chi connectivity index (χ1n) is 8.38. The maximum atomic E-state index is 13.3. The molecule has 0 saturated carbocycles. The number of hydrazine groups is 1. The Morgan fingerprint density at radius 1 is 1.43 bits per heavy atom. The fourth-order valence-corrected chi connectivity index (χ4v) is 3.06. The molecule has 1 fully saturated rings. The van der Waals surface area contributed by atoms with E-state index >= 15 is 0 Å². The van der Waals surface area contributed by atoms with E-state index in [1.54, 1.807) is 5.43 Å². The molecule has 0 aliphatic carbocycles. The zero-order valence-corrected chi connectivity index (χ0v) is 15.5. The van der Waals surface area contributed by atoms with Crippen LogP contribution in [0.1, 0.15) is 34.1 Å². The molecule has 2 aromatic heterocycles. The van der Waals surface area contributed by atoms with Gasteiger partial charge in [0.2, 0.25) is 5.72 Å². The van der Waals surface area contributed by atoms with Crippen LogP contribution in [0, 0.1) is 24.0 Å². The highest BCUT2D eigenvalue weighted by Gasteiger charge is 2.54. The van der Waals surface area contributed by atoms with Gasteiger partial charge in [-0.15, -0.1) is 0 Å². The van der Waals surface area contributed by atoms with Crippen molar-refractivity contribution in [3.63, 3.8) is 0 Å². The number of alkyl halides is 2. The van der Waals surface area contributed by atoms with Gasteiger partial charge in [0.05, 0.1) is 17.9 Å². The number of aromatic nitrogens is 2. The lowest BCUT2D eigenvalue weighted by atomic mass is 10.1. The Kier molecular flexibility index (Phi) is 5.28. The maximum Gasteiger partial charge on any atom is 0.312 e. The van der Waals surface area contributed by atoms with E-state index in [1.807, 2.05) is 0 Å². The Hall–Kier alpha value is -3.42. The van der Waals surface area contributed by atoms with Gasteiger partial charge in [-0.25, -0.2) is 13.8 Å². The van der Waals surface area contributed by atoms with Crippen LogP contribution >= 0.6 is 0 Å². The summed E-state index contributed by atoms with van der Waals surface area (Å²) in [4.78, 5) is 23.0. The minimum Gasteiger partial charge on any atom is -0.454 e. The van der Waals surface area contributed by atoms with Crippen molar-refractivity contribution >= 4 is 11.6 Å². The Morgan fingerprint density at radius 3 is 2.63 bits per heavy atom. The molecule has 3 heterocycles. The number of carbonyl (C=O) groups excluding carboxylic acids is 1. The van der Waals surface area contributed by atoms with Crippen molar-refractivity contribution in [3.8, 4) is 0 Å². The molecule has 10 nitrogen and oxygen atoms in total. The van der Waals surface area contributed by atoms with Crippen molar-refractivity contribution in [1.29, 1.82) is 0 Å². The molecule has 2 aromatic rings. The van der Waals surface area contributed by atoms with Crippen LogP contribution in [0.2, 0.25) is 0 Å². The molecule has 30 heavy (non-hydrogen) atoms. The number of nitrogens with one attached hydrogen (secondary N) is 1. The fraction of sp³-hybridized carbons (Fsp3) is 0.375. The highest BCUT2D eigenvalue weighted by atomic mass is 19.3. The maximum absolute atomic E-state index is 13.3. The Labute approximate surface area is 165 Å². The monoisotopic (exact) mass is 433 g/mol. The standard InChI is InChI=1S/C16H15F4N5O5/c1-7-12(25(28)29)8(2)23(21-7)6-9-3-4-11(30-9)14(26)24-16(27,15(19)20)5-10(22-24)13(17)18/h3-4,15,22,27H,5-6H2,1-2H3. The van der Waals surface area contributed by atoms with Gasteiger partial charge in [-0.05, 0) is 26.0 Å². The average molecular weight is 433 g/mol. The lowest BCUT2D eigenvalue weighted by Gasteiger charge is -2.30. The molecule has 0 spiro atoms. The molecule has 3 rings (SSSR count). The third-order valence-electron chi connectivity index (χ3n) is 4.56. The van der Waals surface area contributed by atoms with Gasteiger partial charge in [-0.2, -0.15) is 13.9 Å². The van der Waals surface area contributed by atoms with Crippen LogP contribution in [-0.2, 0) is 6.54 Å². The number of hydrogen-bond donors (Lipinski definition) is 2. The zero-order chi connectivity index (χ0) is 22.4. The summed E-state index contributed by atoms with van der Waals surface area (Å²) in [5, 5.41) is 25.1. The molecule has 1 aliphatic rings. The number of nitro groups is 1. The summed E-state index contributed by atoms with van der Waals surface area (Å²) >= 11 is 0. The second-order valence-corrected chi connectivity index (χ2v) is 6.55. The van der Waals surface area contributed by atoms with E-state index < -0.39 is 46.9 Å². The van der Waals surface area contributed by atoms with Gasteiger partial charge in [0.25, 0.3) is 12.5 Å². The summed E-state index contributed by atoms with van der Waals surface area (Å²) in [7, 11) is 0. The largest absolute Gasteiger partial charge is 0.454 e. The summed E-state index contributed by atoms with van der Waals surface area (Å²) in [5.74, 6) is -1.74. The first kappa shape index (κ1) is 21.3. The number of nitrogens with zero attached hydrogens (tertiary/aromatic N) is 4. The second kappa shape index (κ2) is 7.44. The summed E-state index contributed by atoms with van der Waals surface area (Å²) < 4.78 is 58.7. The van der Waals surface area contributed by atoms with Gasteiger partial charge in [0, 0.05) is 0 Å². The molecule has 0 aromatic carbocycles. The quantitative estimate of drug-likeness (QED) is 0.421. The molecular weight excluding hydrogens is 418 g/mol. The smallest absolute Gasteiger partial charge is 0.312 e. The molecule has 2 N–H and O–H groups in total. The van der Waals surface area contributed by atoms with Crippen LogP contribution in [0.15, 0.2) is 28.3 Å². The minimum absolute atomic E-state index is 0.0110. The molecule has 1 aliphatic heterocycles. The molecule has 0 radical (unpaired) electrons. The number of amides is 1. The molecule has 1 saturated heterocycles. The Balaban J connectivity index is 1.86. The van der Waals surface area contributed by atoms with Crippen LogP contribution < -0.4 is 5.43 Å². The van der Waals surface area contributed by atoms with Crippen LogP contribution in [0.3, 0.4) is 0 Å². The molecule has 1 unspecified atom stereocenters. The van der Waals surface area contributed by atoms with Crippen molar-refractivity contribution in [2.45, 2.75) is 39.0 Å². The van der Waals surface area contributed by atoms with Gasteiger partial charge < -0.3 is 9.52 Å². The van der Waals surface area contributed by atoms with Gasteiger partial charge in [-0.3, -0.25) is 25.0 Å².